The molecule has 2 N–H and O–H groups in total. The van der Waals surface area contributed by atoms with Gasteiger partial charge in [0.25, 0.3) is 0 Å². The van der Waals surface area contributed by atoms with Crippen LogP contribution in [0.1, 0.15) is 20.3 Å². The second-order valence-electron chi connectivity index (χ2n) is 4.45. The minimum atomic E-state index is -3.18. The summed E-state index contributed by atoms with van der Waals surface area (Å²) in [7, 11) is -3.18. The van der Waals surface area contributed by atoms with Crippen LogP contribution in [0.25, 0.3) is 0 Å². The molecule has 6 heteroatoms. The van der Waals surface area contributed by atoms with E-state index in [1.54, 1.807) is 19.1 Å². The van der Waals surface area contributed by atoms with Crippen LogP contribution in [0.5, 0.6) is 0 Å². The Balaban J connectivity index is 2.65. The zero-order valence-corrected chi connectivity index (χ0v) is 12.3. The highest BCUT2D eigenvalue weighted by Crippen LogP contribution is 2.14. The maximum atomic E-state index is 11.7. The Hall–Kier alpha value is -1.56. The van der Waals surface area contributed by atoms with Crippen molar-refractivity contribution >= 4 is 21.4 Å². The predicted molar refractivity (Wildman–Crippen MR) is 75.9 cm³/mol. The summed E-state index contributed by atoms with van der Waals surface area (Å²) in [5, 5.41) is 5.81. The van der Waals surface area contributed by atoms with E-state index >= 15 is 0 Å². The van der Waals surface area contributed by atoms with Gasteiger partial charge in [0.15, 0.2) is 9.84 Å². The van der Waals surface area contributed by atoms with E-state index in [-0.39, 0.29) is 16.8 Å². The highest BCUT2D eigenvalue weighted by Gasteiger charge is 2.12. The van der Waals surface area contributed by atoms with E-state index in [0.717, 1.165) is 12.7 Å². The number of nitrogens with one attached hydrogen (secondary N) is 2. The maximum absolute atomic E-state index is 11.7. The lowest BCUT2D eigenvalue weighted by Gasteiger charge is -2.15. The molecule has 0 radical (unpaired) electrons. The minimum absolute atomic E-state index is 0.0750. The summed E-state index contributed by atoms with van der Waals surface area (Å²) < 4.78 is 22.6. The fraction of sp³-hybridized carbons (Fsp3) is 0.462. The van der Waals surface area contributed by atoms with Gasteiger partial charge in [0, 0.05) is 18.5 Å². The molecular weight excluding hydrogens is 264 g/mol. The lowest BCUT2D eigenvalue weighted by Crippen LogP contribution is -2.37. The molecule has 1 aromatic carbocycles. The molecule has 1 amide bonds. The fourth-order valence-corrected chi connectivity index (χ4v) is 2.15. The van der Waals surface area contributed by atoms with Crippen molar-refractivity contribution in [1.29, 1.82) is 0 Å². The standard InChI is InChI=1S/C13H20N2O3S/c1-4-9-14-13(16)10(2)15-11-5-7-12(8-6-11)19(3,17)18/h5-8,10,15H,4,9H2,1-3H3,(H,14,16). The van der Waals surface area contributed by atoms with Gasteiger partial charge in [0.1, 0.15) is 6.04 Å². The van der Waals surface area contributed by atoms with Crippen LogP contribution in [0.15, 0.2) is 29.2 Å². The molecule has 0 fully saturated rings. The molecule has 0 aliphatic carbocycles. The molecule has 0 aliphatic rings. The average molecular weight is 284 g/mol. The molecule has 106 valence electrons. The van der Waals surface area contributed by atoms with Crippen molar-refractivity contribution in [1.82, 2.24) is 5.32 Å². The number of rotatable bonds is 6. The first kappa shape index (κ1) is 15.5. The number of carbonyl (C=O) groups is 1. The van der Waals surface area contributed by atoms with Gasteiger partial charge in [-0.3, -0.25) is 4.79 Å². The fourth-order valence-electron chi connectivity index (χ4n) is 1.52. The molecule has 1 aromatic rings. The van der Waals surface area contributed by atoms with E-state index in [4.69, 9.17) is 0 Å². The number of sulfone groups is 1. The SMILES string of the molecule is CCCNC(=O)C(C)Nc1ccc(S(C)(=O)=O)cc1. The largest absolute Gasteiger partial charge is 0.374 e. The van der Waals surface area contributed by atoms with Crippen LogP contribution in [0.2, 0.25) is 0 Å². The monoisotopic (exact) mass is 284 g/mol. The highest BCUT2D eigenvalue weighted by molar-refractivity contribution is 7.90. The van der Waals surface area contributed by atoms with E-state index in [1.807, 2.05) is 6.92 Å². The second kappa shape index (κ2) is 6.56. The molecule has 0 aromatic heterocycles. The van der Waals surface area contributed by atoms with Gasteiger partial charge in [0.05, 0.1) is 4.90 Å². The Morgan fingerprint density at radius 1 is 1.26 bits per heavy atom. The van der Waals surface area contributed by atoms with Crippen molar-refractivity contribution in [2.75, 3.05) is 18.1 Å². The predicted octanol–water partition coefficient (Wildman–Crippen LogP) is 1.42. The van der Waals surface area contributed by atoms with Crippen molar-refractivity contribution in [2.45, 2.75) is 31.2 Å². The van der Waals surface area contributed by atoms with Crippen molar-refractivity contribution < 1.29 is 13.2 Å². The first-order valence-electron chi connectivity index (χ1n) is 6.19. The third-order valence-corrected chi connectivity index (χ3v) is 3.74. The molecule has 0 saturated heterocycles. The van der Waals surface area contributed by atoms with Crippen LogP contribution in [-0.4, -0.2) is 33.2 Å². The maximum Gasteiger partial charge on any atom is 0.242 e. The van der Waals surface area contributed by atoms with Crippen LogP contribution < -0.4 is 10.6 Å². The van der Waals surface area contributed by atoms with Crippen LogP contribution in [-0.2, 0) is 14.6 Å². The van der Waals surface area contributed by atoms with Crippen LogP contribution in [0.4, 0.5) is 5.69 Å². The summed E-state index contributed by atoms with van der Waals surface area (Å²) >= 11 is 0. The molecule has 1 atom stereocenters. The van der Waals surface area contributed by atoms with Crippen molar-refractivity contribution in [3.8, 4) is 0 Å². The van der Waals surface area contributed by atoms with E-state index < -0.39 is 9.84 Å². The molecule has 0 aliphatic heterocycles. The topological polar surface area (TPSA) is 75.3 Å². The van der Waals surface area contributed by atoms with Crippen LogP contribution in [0, 0.1) is 0 Å². The molecular formula is C13H20N2O3S. The molecule has 19 heavy (non-hydrogen) atoms. The summed E-state index contributed by atoms with van der Waals surface area (Å²) in [6.45, 7) is 4.40. The second-order valence-corrected chi connectivity index (χ2v) is 6.47. The van der Waals surface area contributed by atoms with E-state index in [1.165, 1.54) is 12.1 Å². The number of amides is 1. The molecule has 0 bridgehead atoms. The quantitative estimate of drug-likeness (QED) is 0.828. The Morgan fingerprint density at radius 3 is 2.32 bits per heavy atom. The van der Waals surface area contributed by atoms with Gasteiger partial charge >= 0.3 is 0 Å². The smallest absolute Gasteiger partial charge is 0.242 e. The Kier molecular flexibility index (Phi) is 5.35. The third kappa shape index (κ3) is 4.90. The van der Waals surface area contributed by atoms with E-state index in [9.17, 15) is 13.2 Å². The normalized spacial score (nSPS) is 12.8. The first-order valence-corrected chi connectivity index (χ1v) is 8.08. The van der Waals surface area contributed by atoms with Crippen molar-refractivity contribution in [3.05, 3.63) is 24.3 Å². The number of benzene rings is 1. The molecule has 1 unspecified atom stereocenters. The van der Waals surface area contributed by atoms with E-state index in [0.29, 0.717) is 12.2 Å². The molecule has 0 heterocycles. The Morgan fingerprint density at radius 2 is 1.84 bits per heavy atom. The van der Waals surface area contributed by atoms with Gasteiger partial charge in [0.2, 0.25) is 5.91 Å². The van der Waals surface area contributed by atoms with Crippen LogP contribution in [0.3, 0.4) is 0 Å². The number of hydrogen-bond acceptors (Lipinski definition) is 4. The summed E-state index contributed by atoms with van der Waals surface area (Å²) in [5.41, 5.74) is 0.714. The van der Waals surface area contributed by atoms with Gasteiger partial charge in [-0.25, -0.2) is 8.42 Å². The zero-order chi connectivity index (χ0) is 14.5. The zero-order valence-electron chi connectivity index (χ0n) is 11.4. The first-order chi connectivity index (χ1) is 8.84. The molecule has 5 nitrogen and oxygen atoms in total. The Labute approximate surface area is 114 Å². The van der Waals surface area contributed by atoms with Crippen molar-refractivity contribution in [3.63, 3.8) is 0 Å². The molecule has 1 rings (SSSR count). The summed E-state index contributed by atoms with van der Waals surface area (Å²) in [4.78, 5) is 11.9. The van der Waals surface area contributed by atoms with Gasteiger partial charge in [-0.15, -0.1) is 0 Å². The summed E-state index contributed by atoms with van der Waals surface area (Å²) in [6, 6.07) is 5.98. The van der Waals surface area contributed by atoms with Gasteiger partial charge in [-0.05, 0) is 37.6 Å². The highest BCUT2D eigenvalue weighted by atomic mass is 32.2. The number of anilines is 1. The van der Waals surface area contributed by atoms with Crippen molar-refractivity contribution in [2.24, 2.45) is 0 Å². The summed E-state index contributed by atoms with van der Waals surface area (Å²) in [6.07, 6.45) is 2.05. The van der Waals surface area contributed by atoms with Gasteiger partial charge < -0.3 is 10.6 Å². The lowest BCUT2D eigenvalue weighted by atomic mass is 10.2. The van der Waals surface area contributed by atoms with Gasteiger partial charge in [-0.1, -0.05) is 6.92 Å². The lowest BCUT2D eigenvalue weighted by molar-refractivity contribution is -0.121. The van der Waals surface area contributed by atoms with Crippen LogP contribution >= 0.6 is 0 Å². The van der Waals surface area contributed by atoms with Gasteiger partial charge in [-0.2, -0.15) is 0 Å². The summed E-state index contributed by atoms with van der Waals surface area (Å²) in [5.74, 6) is -0.0750. The minimum Gasteiger partial charge on any atom is -0.374 e. The van der Waals surface area contributed by atoms with E-state index in [2.05, 4.69) is 10.6 Å². The molecule has 0 spiro atoms. The molecule has 0 saturated carbocycles. The number of hydrogen-bond donors (Lipinski definition) is 2. The average Bonchev–Trinajstić information content (AvgIpc) is 2.35. The third-order valence-electron chi connectivity index (χ3n) is 2.61. The number of carbonyl (C=O) groups excluding carboxylic acids is 1. The Bertz CT molecular complexity index is 523.